The monoisotopic (exact) mass is 324 g/mol. The standard InChI is InChI=1S/C19H20N2O3/c22-21(23)19-14-18(24-15-16-6-2-1-3-7-16)9-8-17(19)10-13-20-11-4-5-12-20/h1-3,6-10,13-14H,4-5,11-12,15H2. The highest BCUT2D eigenvalue weighted by Crippen LogP contribution is 2.27. The molecule has 2 aromatic carbocycles. The summed E-state index contributed by atoms with van der Waals surface area (Å²) >= 11 is 0. The Balaban J connectivity index is 1.73. The zero-order valence-corrected chi connectivity index (χ0v) is 13.4. The van der Waals surface area contributed by atoms with Crippen LogP contribution in [0.5, 0.6) is 5.75 Å². The molecule has 1 heterocycles. The zero-order chi connectivity index (χ0) is 16.8. The topological polar surface area (TPSA) is 55.6 Å². The van der Waals surface area contributed by atoms with Crippen molar-refractivity contribution in [3.05, 3.63) is 76.0 Å². The Morgan fingerprint density at radius 3 is 2.58 bits per heavy atom. The second-order valence-corrected chi connectivity index (χ2v) is 5.81. The summed E-state index contributed by atoms with van der Waals surface area (Å²) in [6, 6.07) is 14.7. The van der Waals surface area contributed by atoms with Crippen molar-refractivity contribution < 1.29 is 9.66 Å². The number of rotatable bonds is 6. The van der Waals surface area contributed by atoms with E-state index in [2.05, 4.69) is 4.90 Å². The van der Waals surface area contributed by atoms with Crippen LogP contribution in [-0.4, -0.2) is 22.9 Å². The molecule has 1 aliphatic heterocycles. The summed E-state index contributed by atoms with van der Waals surface area (Å²) in [6.07, 6.45) is 6.11. The number of nitro groups is 1. The van der Waals surface area contributed by atoms with Crippen molar-refractivity contribution in [2.24, 2.45) is 0 Å². The molecule has 1 saturated heterocycles. The van der Waals surface area contributed by atoms with Gasteiger partial charge < -0.3 is 9.64 Å². The number of ether oxygens (including phenoxy) is 1. The van der Waals surface area contributed by atoms with Gasteiger partial charge in [0.05, 0.1) is 16.6 Å². The molecule has 0 bridgehead atoms. The maximum absolute atomic E-state index is 11.3. The Kier molecular flexibility index (Phi) is 5.11. The van der Waals surface area contributed by atoms with Gasteiger partial charge in [0.15, 0.2) is 0 Å². The van der Waals surface area contributed by atoms with Gasteiger partial charge in [-0.05, 0) is 42.8 Å². The molecule has 0 spiro atoms. The van der Waals surface area contributed by atoms with Gasteiger partial charge in [-0.15, -0.1) is 0 Å². The third-order valence-corrected chi connectivity index (χ3v) is 4.05. The first kappa shape index (κ1) is 16.1. The van der Waals surface area contributed by atoms with E-state index < -0.39 is 0 Å². The third-order valence-electron chi connectivity index (χ3n) is 4.05. The van der Waals surface area contributed by atoms with Crippen molar-refractivity contribution in [3.63, 3.8) is 0 Å². The lowest BCUT2D eigenvalue weighted by Crippen LogP contribution is -2.10. The van der Waals surface area contributed by atoms with E-state index in [1.807, 2.05) is 42.6 Å². The van der Waals surface area contributed by atoms with Gasteiger partial charge in [-0.3, -0.25) is 10.1 Å². The summed E-state index contributed by atoms with van der Waals surface area (Å²) < 4.78 is 5.68. The van der Waals surface area contributed by atoms with E-state index in [1.54, 1.807) is 12.1 Å². The highest BCUT2D eigenvalue weighted by atomic mass is 16.6. The first-order valence-electron chi connectivity index (χ1n) is 8.10. The molecule has 0 saturated carbocycles. The van der Waals surface area contributed by atoms with Crippen molar-refractivity contribution >= 4 is 11.8 Å². The van der Waals surface area contributed by atoms with Crippen LogP contribution in [0, 0.1) is 10.1 Å². The molecule has 0 N–H and O–H groups in total. The van der Waals surface area contributed by atoms with Crippen LogP contribution in [-0.2, 0) is 6.61 Å². The third kappa shape index (κ3) is 4.13. The first-order chi connectivity index (χ1) is 11.7. The summed E-state index contributed by atoms with van der Waals surface area (Å²) in [5.74, 6) is 0.504. The molecule has 0 atom stereocenters. The van der Waals surface area contributed by atoms with E-state index in [4.69, 9.17) is 4.74 Å². The molecule has 24 heavy (non-hydrogen) atoms. The van der Waals surface area contributed by atoms with E-state index in [9.17, 15) is 10.1 Å². The Hall–Kier alpha value is -2.82. The Morgan fingerprint density at radius 1 is 1.12 bits per heavy atom. The van der Waals surface area contributed by atoms with Crippen LogP contribution in [0.3, 0.4) is 0 Å². The van der Waals surface area contributed by atoms with Crippen LogP contribution >= 0.6 is 0 Å². The molecular weight excluding hydrogens is 304 g/mol. The Morgan fingerprint density at radius 2 is 1.88 bits per heavy atom. The normalized spacial score (nSPS) is 14.2. The molecule has 5 nitrogen and oxygen atoms in total. The van der Waals surface area contributed by atoms with Gasteiger partial charge >= 0.3 is 0 Å². The average Bonchev–Trinajstić information content (AvgIpc) is 3.13. The largest absolute Gasteiger partial charge is 0.489 e. The van der Waals surface area contributed by atoms with Crippen LogP contribution in [0.2, 0.25) is 0 Å². The minimum absolute atomic E-state index is 0.0657. The van der Waals surface area contributed by atoms with Gasteiger partial charge in [0.2, 0.25) is 0 Å². The molecule has 3 rings (SSSR count). The van der Waals surface area contributed by atoms with Crippen LogP contribution in [0.4, 0.5) is 5.69 Å². The molecule has 0 amide bonds. The molecule has 0 aromatic heterocycles. The fraction of sp³-hybridized carbons (Fsp3) is 0.263. The van der Waals surface area contributed by atoms with Crippen molar-refractivity contribution in [1.82, 2.24) is 4.90 Å². The molecule has 1 aliphatic rings. The van der Waals surface area contributed by atoms with E-state index >= 15 is 0 Å². The number of hydrogen-bond donors (Lipinski definition) is 0. The van der Waals surface area contributed by atoms with Crippen LogP contribution < -0.4 is 4.74 Å². The van der Waals surface area contributed by atoms with Gasteiger partial charge in [-0.2, -0.15) is 0 Å². The number of likely N-dealkylation sites (tertiary alicyclic amines) is 1. The predicted octanol–water partition coefficient (Wildman–Crippen LogP) is 4.24. The van der Waals surface area contributed by atoms with Crippen molar-refractivity contribution in [2.75, 3.05) is 13.1 Å². The molecule has 5 heteroatoms. The molecule has 0 aliphatic carbocycles. The highest BCUT2D eigenvalue weighted by molar-refractivity contribution is 5.62. The average molecular weight is 324 g/mol. The van der Waals surface area contributed by atoms with E-state index in [0.29, 0.717) is 17.9 Å². The number of hydrogen-bond acceptors (Lipinski definition) is 4. The van der Waals surface area contributed by atoms with E-state index in [-0.39, 0.29) is 10.6 Å². The first-order valence-corrected chi connectivity index (χ1v) is 8.10. The van der Waals surface area contributed by atoms with Gasteiger partial charge in [0.1, 0.15) is 12.4 Å². The lowest BCUT2D eigenvalue weighted by atomic mass is 10.1. The smallest absolute Gasteiger partial charge is 0.280 e. The summed E-state index contributed by atoms with van der Waals surface area (Å²) in [4.78, 5) is 13.2. The lowest BCUT2D eigenvalue weighted by Gasteiger charge is -2.10. The number of nitrogens with zero attached hydrogens (tertiary/aromatic N) is 2. The predicted molar refractivity (Wildman–Crippen MR) is 93.7 cm³/mol. The SMILES string of the molecule is O=[N+]([O-])c1cc(OCc2ccccc2)ccc1C=CN1CCCC1. The molecule has 0 unspecified atom stereocenters. The van der Waals surface area contributed by atoms with Gasteiger partial charge in [0, 0.05) is 13.1 Å². The molecule has 2 aromatic rings. The second kappa shape index (κ2) is 7.64. The van der Waals surface area contributed by atoms with E-state index in [1.165, 1.54) is 18.9 Å². The van der Waals surface area contributed by atoms with Crippen molar-refractivity contribution in [3.8, 4) is 5.75 Å². The fourth-order valence-corrected chi connectivity index (χ4v) is 2.73. The molecule has 1 fully saturated rings. The maximum Gasteiger partial charge on any atom is 0.280 e. The minimum atomic E-state index is -0.362. The lowest BCUT2D eigenvalue weighted by molar-refractivity contribution is -0.385. The highest BCUT2D eigenvalue weighted by Gasteiger charge is 2.14. The molecule has 0 radical (unpaired) electrons. The summed E-state index contributed by atoms with van der Waals surface area (Å²) in [5.41, 5.74) is 1.69. The van der Waals surface area contributed by atoms with Crippen molar-refractivity contribution in [2.45, 2.75) is 19.4 Å². The summed E-state index contributed by atoms with van der Waals surface area (Å²) in [6.45, 7) is 2.42. The number of nitro benzene ring substituents is 1. The van der Waals surface area contributed by atoms with Gasteiger partial charge in [-0.1, -0.05) is 30.3 Å². The summed E-state index contributed by atoms with van der Waals surface area (Å²) in [7, 11) is 0. The second-order valence-electron chi connectivity index (χ2n) is 5.81. The Labute approximate surface area is 141 Å². The van der Waals surface area contributed by atoms with Crippen LogP contribution in [0.25, 0.3) is 6.08 Å². The van der Waals surface area contributed by atoms with Gasteiger partial charge in [-0.25, -0.2) is 0 Å². The fourth-order valence-electron chi connectivity index (χ4n) is 2.73. The summed E-state index contributed by atoms with van der Waals surface area (Å²) in [5, 5.41) is 11.3. The van der Waals surface area contributed by atoms with Crippen LogP contribution in [0.1, 0.15) is 24.0 Å². The minimum Gasteiger partial charge on any atom is -0.489 e. The van der Waals surface area contributed by atoms with Gasteiger partial charge in [0.25, 0.3) is 5.69 Å². The Bertz CT molecular complexity index is 723. The van der Waals surface area contributed by atoms with Crippen LogP contribution in [0.15, 0.2) is 54.7 Å². The van der Waals surface area contributed by atoms with E-state index in [0.717, 1.165) is 18.7 Å². The number of benzene rings is 2. The quantitative estimate of drug-likeness (QED) is 0.589. The zero-order valence-electron chi connectivity index (χ0n) is 13.4. The van der Waals surface area contributed by atoms with Crippen molar-refractivity contribution in [1.29, 1.82) is 0 Å². The molecular formula is C19H20N2O3. The maximum atomic E-state index is 11.3. The molecule has 124 valence electrons.